The molecule has 1 atom stereocenters. The van der Waals surface area contributed by atoms with Crippen LogP contribution >= 0.6 is 11.6 Å². The van der Waals surface area contributed by atoms with E-state index < -0.39 is 0 Å². The van der Waals surface area contributed by atoms with Crippen LogP contribution < -0.4 is 10.7 Å². The van der Waals surface area contributed by atoms with E-state index in [0.29, 0.717) is 6.54 Å². The summed E-state index contributed by atoms with van der Waals surface area (Å²) in [5.41, 5.74) is 0.955. The van der Waals surface area contributed by atoms with Crippen LogP contribution in [0.2, 0.25) is 0 Å². The lowest BCUT2D eigenvalue weighted by atomic mass is 10.3. The lowest BCUT2D eigenvalue weighted by molar-refractivity contribution is 0.941. The summed E-state index contributed by atoms with van der Waals surface area (Å²) in [6.07, 6.45) is 3.89. The molecule has 0 amide bonds. The second-order valence-corrected chi connectivity index (χ2v) is 2.87. The van der Waals surface area contributed by atoms with Gasteiger partial charge in [-0.05, 0) is 6.07 Å². The van der Waals surface area contributed by atoms with Crippen LogP contribution in [0.15, 0.2) is 17.3 Å². The average Bonchev–Trinajstić information content (AvgIpc) is 2.33. The van der Waals surface area contributed by atoms with Gasteiger partial charge in [0.2, 0.25) is 0 Å². The zero-order valence-corrected chi connectivity index (χ0v) is 6.10. The quantitative estimate of drug-likeness (QED) is 0.511. The van der Waals surface area contributed by atoms with Gasteiger partial charge >= 0.3 is 0 Å². The van der Waals surface area contributed by atoms with Crippen molar-refractivity contribution in [3.8, 4) is 0 Å². The van der Waals surface area contributed by atoms with Crippen molar-refractivity contribution in [3.05, 3.63) is 23.0 Å². The first-order chi connectivity index (χ1) is 4.86. The highest BCUT2D eigenvalue weighted by molar-refractivity contribution is 6.24. The Hall–Kier alpha value is -0.760. The van der Waals surface area contributed by atoms with Crippen molar-refractivity contribution in [2.24, 2.45) is 4.99 Å². The van der Waals surface area contributed by atoms with Crippen molar-refractivity contribution in [3.63, 3.8) is 0 Å². The lowest BCUT2D eigenvalue weighted by Gasteiger charge is -2.00. The van der Waals surface area contributed by atoms with Crippen molar-refractivity contribution in [2.75, 3.05) is 6.54 Å². The largest absolute Gasteiger partial charge is 0.346 e. The maximum atomic E-state index is 5.84. The third-order valence-corrected chi connectivity index (χ3v) is 1.80. The number of alkyl halides is 1. The van der Waals surface area contributed by atoms with Crippen molar-refractivity contribution in [1.82, 2.24) is 4.98 Å². The van der Waals surface area contributed by atoms with Crippen LogP contribution in [0.5, 0.6) is 0 Å². The molecule has 1 aromatic heterocycles. The number of fused-ring (bicyclic) bond motifs is 1. The van der Waals surface area contributed by atoms with Gasteiger partial charge in [-0.15, -0.1) is 11.6 Å². The molecule has 2 rings (SSSR count). The van der Waals surface area contributed by atoms with Crippen LogP contribution in [0.4, 0.5) is 0 Å². The standard InChI is InChI=1S/C7H7ClN2/c8-6-3-5-1-2-9-7(5)10-4-6/h1-3,6H,4H2,(H,9,10). The number of nitrogens with one attached hydrogen (secondary N) is 1. The predicted molar refractivity (Wildman–Crippen MR) is 40.5 cm³/mol. The number of halogens is 1. The van der Waals surface area contributed by atoms with Gasteiger partial charge in [-0.2, -0.15) is 0 Å². The average molecular weight is 155 g/mol. The maximum absolute atomic E-state index is 5.84. The van der Waals surface area contributed by atoms with Gasteiger partial charge < -0.3 is 4.98 Å². The minimum absolute atomic E-state index is 0.0725. The molecule has 2 heterocycles. The topological polar surface area (TPSA) is 28.1 Å². The zero-order valence-electron chi connectivity index (χ0n) is 5.34. The third kappa shape index (κ3) is 0.847. The highest BCUT2D eigenvalue weighted by atomic mass is 35.5. The summed E-state index contributed by atoms with van der Waals surface area (Å²) in [7, 11) is 0. The van der Waals surface area contributed by atoms with Crippen LogP contribution in [0.25, 0.3) is 6.08 Å². The van der Waals surface area contributed by atoms with E-state index >= 15 is 0 Å². The molecule has 0 spiro atoms. The number of nitrogens with zero attached hydrogens (tertiary/aromatic N) is 1. The van der Waals surface area contributed by atoms with Crippen LogP contribution in [0, 0.1) is 0 Å². The molecule has 1 N–H and O–H groups in total. The summed E-state index contributed by atoms with van der Waals surface area (Å²) >= 11 is 5.84. The van der Waals surface area contributed by atoms with Gasteiger partial charge in [0.05, 0.1) is 11.9 Å². The molecule has 1 unspecified atom stereocenters. The molecule has 0 saturated carbocycles. The van der Waals surface area contributed by atoms with E-state index in [1.807, 2.05) is 18.3 Å². The summed E-state index contributed by atoms with van der Waals surface area (Å²) in [6, 6.07) is 1.98. The summed E-state index contributed by atoms with van der Waals surface area (Å²) in [5, 5.41) is 1.19. The molecule has 10 heavy (non-hydrogen) atoms. The molecule has 0 fully saturated rings. The number of aromatic nitrogens is 1. The SMILES string of the molecule is ClC1C=c2cc[nH]c2=NC1. The molecule has 1 aliphatic heterocycles. The number of H-pyrrole nitrogens is 1. The highest BCUT2D eigenvalue weighted by Gasteiger charge is 2.03. The smallest absolute Gasteiger partial charge is 0.132 e. The Balaban J connectivity index is 2.73. The molecule has 0 aliphatic carbocycles. The van der Waals surface area contributed by atoms with Gasteiger partial charge in [0, 0.05) is 11.4 Å². The molecule has 0 aromatic carbocycles. The molecule has 1 aliphatic rings. The minimum atomic E-state index is 0.0725. The molecule has 52 valence electrons. The number of rotatable bonds is 0. The number of aromatic amines is 1. The Kier molecular flexibility index (Phi) is 1.27. The zero-order chi connectivity index (χ0) is 6.97. The van der Waals surface area contributed by atoms with Crippen LogP contribution in [0.3, 0.4) is 0 Å². The molecular formula is C7H7ClN2. The molecule has 0 bridgehead atoms. The second kappa shape index (κ2) is 2.13. The van der Waals surface area contributed by atoms with E-state index in [4.69, 9.17) is 11.6 Å². The summed E-state index contributed by atoms with van der Waals surface area (Å²) in [4.78, 5) is 7.24. The van der Waals surface area contributed by atoms with E-state index in [2.05, 4.69) is 9.98 Å². The van der Waals surface area contributed by atoms with Crippen LogP contribution in [-0.4, -0.2) is 16.9 Å². The van der Waals surface area contributed by atoms with E-state index in [9.17, 15) is 0 Å². The van der Waals surface area contributed by atoms with Gasteiger partial charge in [-0.3, -0.25) is 4.99 Å². The monoisotopic (exact) mass is 154 g/mol. The number of hydrogen-bond acceptors (Lipinski definition) is 1. The minimum Gasteiger partial charge on any atom is -0.346 e. The Labute approximate surface area is 63.2 Å². The Morgan fingerprint density at radius 3 is 3.50 bits per heavy atom. The highest BCUT2D eigenvalue weighted by Crippen LogP contribution is 1.98. The first-order valence-corrected chi connectivity index (χ1v) is 3.64. The van der Waals surface area contributed by atoms with E-state index in [1.54, 1.807) is 0 Å². The van der Waals surface area contributed by atoms with Crippen molar-refractivity contribution < 1.29 is 0 Å². The van der Waals surface area contributed by atoms with E-state index in [0.717, 1.165) is 10.7 Å². The maximum Gasteiger partial charge on any atom is 0.132 e. The van der Waals surface area contributed by atoms with Gasteiger partial charge in [-0.1, -0.05) is 6.08 Å². The first-order valence-electron chi connectivity index (χ1n) is 3.20. The van der Waals surface area contributed by atoms with E-state index in [-0.39, 0.29) is 5.38 Å². The van der Waals surface area contributed by atoms with Crippen LogP contribution in [0.1, 0.15) is 0 Å². The fraction of sp³-hybridized carbons (Fsp3) is 0.286. The summed E-state index contributed by atoms with van der Waals surface area (Å²) in [6.45, 7) is 0.690. The fourth-order valence-electron chi connectivity index (χ4n) is 1.07. The van der Waals surface area contributed by atoms with Gasteiger partial charge in [0.1, 0.15) is 5.49 Å². The molecular weight excluding hydrogens is 148 g/mol. The third-order valence-electron chi connectivity index (χ3n) is 1.54. The molecule has 2 nitrogen and oxygen atoms in total. The molecule has 1 aromatic rings. The van der Waals surface area contributed by atoms with E-state index in [1.165, 1.54) is 0 Å². The molecule has 3 heteroatoms. The Morgan fingerprint density at radius 2 is 2.60 bits per heavy atom. The normalized spacial score (nSPS) is 22.7. The number of hydrogen-bond donors (Lipinski definition) is 1. The Bertz CT molecular complexity index is 339. The van der Waals surface area contributed by atoms with Crippen molar-refractivity contribution in [1.29, 1.82) is 0 Å². The van der Waals surface area contributed by atoms with Gasteiger partial charge in [-0.25, -0.2) is 0 Å². The van der Waals surface area contributed by atoms with Crippen molar-refractivity contribution in [2.45, 2.75) is 5.38 Å². The van der Waals surface area contributed by atoms with Gasteiger partial charge in [0.25, 0.3) is 0 Å². The van der Waals surface area contributed by atoms with Crippen molar-refractivity contribution >= 4 is 17.7 Å². The van der Waals surface area contributed by atoms with Crippen LogP contribution in [-0.2, 0) is 0 Å². The molecule has 0 radical (unpaired) electrons. The lowest BCUT2D eigenvalue weighted by Crippen LogP contribution is -2.29. The first kappa shape index (κ1) is 5.98. The predicted octanol–water partition coefficient (Wildman–Crippen LogP) is 0.0358. The van der Waals surface area contributed by atoms with Gasteiger partial charge in [0.15, 0.2) is 0 Å². The second-order valence-electron chi connectivity index (χ2n) is 2.30. The Morgan fingerprint density at radius 1 is 1.70 bits per heavy atom. The summed E-state index contributed by atoms with van der Waals surface area (Å²) in [5.74, 6) is 0. The fourth-order valence-corrected chi connectivity index (χ4v) is 1.27. The molecule has 0 saturated heterocycles. The summed E-state index contributed by atoms with van der Waals surface area (Å²) < 4.78 is 0.